The molecule has 0 atom stereocenters. The summed E-state index contributed by atoms with van der Waals surface area (Å²) < 4.78 is 4.89. The van der Waals surface area contributed by atoms with Gasteiger partial charge in [0.25, 0.3) is 0 Å². The number of ether oxygens (including phenoxy) is 1. The van der Waals surface area contributed by atoms with Gasteiger partial charge in [0.05, 0.1) is 12.7 Å². The van der Waals surface area contributed by atoms with E-state index in [0.717, 1.165) is 0 Å². The highest BCUT2D eigenvalue weighted by molar-refractivity contribution is 8.00. The van der Waals surface area contributed by atoms with Gasteiger partial charge in [0.15, 0.2) is 0 Å². The normalized spacial score (nSPS) is 11.5. The van der Waals surface area contributed by atoms with E-state index in [-0.39, 0.29) is 5.97 Å². The molecule has 0 aliphatic heterocycles. The lowest BCUT2D eigenvalue weighted by atomic mass is 10.0. The monoisotopic (exact) mass is 659 g/mol. The number of esters is 1. The van der Waals surface area contributed by atoms with Crippen molar-refractivity contribution < 1.29 is 9.53 Å². The van der Waals surface area contributed by atoms with Gasteiger partial charge in [0.2, 0.25) is 0 Å². The quantitative estimate of drug-likeness (QED) is 0.0412. The number of hydrogen-bond donors (Lipinski definition) is 0. The summed E-state index contributed by atoms with van der Waals surface area (Å²) in [5, 5.41) is 0.688. The molecule has 3 heteroatoms. The molecule has 0 aliphatic carbocycles. The summed E-state index contributed by atoms with van der Waals surface area (Å²) in [4.78, 5) is 13.1. The minimum atomic E-state index is -0.247. The van der Waals surface area contributed by atoms with Crippen LogP contribution in [0.3, 0.4) is 0 Å². The Morgan fingerprint density at radius 2 is 0.761 bits per heavy atom. The van der Waals surface area contributed by atoms with Crippen molar-refractivity contribution in [3.63, 3.8) is 0 Å². The zero-order valence-electron chi connectivity index (χ0n) is 31.2. The van der Waals surface area contributed by atoms with Gasteiger partial charge in [-0.15, -0.1) is 11.8 Å². The molecule has 0 aliphatic rings. The maximum absolute atomic E-state index is 11.9. The molecule has 0 amide bonds. The fourth-order valence-electron chi connectivity index (χ4n) is 6.73. The standard InChI is InChI=1S/C43H78O2S/c1-4-6-8-10-12-14-16-18-20-22-24-26-28-30-32-34-41(46-42-38-36-40(37-39-42)43(44)45-3)35-33-31-29-27-25-23-21-19-17-15-13-11-9-7-5-2/h36-39,41H,4-35H2,1-3H3. The van der Waals surface area contributed by atoms with Gasteiger partial charge in [-0.3, -0.25) is 0 Å². The SMILES string of the molecule is CCCCCCCCCCCCCCCCCC(CCCCCCCCCCCCCCCCC)Sc1ccc(C(=O)OC)cc1. The van der Waals surface area contributed by atoms with Gasteiger partial charge in [-0.1, -0.05) is 206 Å². The summed E-state index contributed by atoms with van der Waals surface area (Å²) in [5.74, 6) is -0.247. The highest BCUT2D eigenvalue weighted by Crippen LogP contribution is 2.31. The van der Waals surface area contributed by atoms with Crippen molar-refractivity contribution in [1.29, 1.82) is 0 Å². The van der Waals surface area contributed by atoms with Gasteiger partial charge >= 0.3 is 5.97 Å². The van der Waals surface area contributed by atoms with Crippen molar-refractivity contribution in [3.05, 3.63) is 29.8 Å². The minimum absolute atomic E-state index is 0.247. The summed E-state index contributed by atoms with van der Waals surface area (Å²) in [7, 11) is 1.45. The van der Waals surface area contributed by atoms with Crippen LogP contribution >= 0.6 is 11.8 Å². The van der Waals surface area contributed by atoms with Gasteiger partial charge in [0, 0.05) is 10.1 Å². The summed E-state index contributed by atoms with van der Waals surface area (Å²) in [6, 6.07) is 8.07. The molecule has 0 saturated heterocycles. The van der Waals surface area contributed by atoms with E-state index in [2.05, 4.69) is 26.0 Å². The lowest BCUT2D eigenvalue weighted by Gasteiger charge is -2.17. The molecule has 2 nitrogen and oxygen atoms in total. The molecular weight excluding hydrogens is 581 g/mol. The second-order valence-electron chi connectivity index (χ2n) is 14.2. The lowest BCUT2D eigenvalue weighted by molar-refractivity contribution is 0.0600. The number of hydrogen-bond acceptors (Lipinski definition) is 3. The number of benzene rings is 1. The number of unbranched alkanes of at least 4 members (excludes halogenated alkanes) is 28. The smallest absolute Gasteiger partial charge is 0.337 e. The molecule has 46 heavy (non-hydrogen) atoms. The second kappa shape index (κ2) is 33.9. The molecular formula is C43H78O2S. The van der Waals surface area contributed by atoms with Crippen molar-refractivity contribution in [3.8, 4) is 0 Å². The van der Waals surface area contributed by atoms with Crippen LogP contribution in [-0.2, 0) is 4.74 Å². The molecule has 1 aromatic carbocycles. The first-order valence-electron chi connectivity index (χ1n) is 20.6. The predicted molar refractivity (Wildman–Crippen MR) is 207 cm³/mol. The van der Waals surface area contributed by atoms with E-state index in [1.165, 1.54) is 217 Å². The van der Waals surface area contributed by atoms with Gasteiger partial charge in [-0.25, -0.2) is 4.79 Å². The van der Waals surface area contributed by atoms with Crippen LogP contribution in [0.2, 0.25) is 0 Å². The molecule has 0 heterocycles. The van der Waals surface area contributed by atoms with Crippen LogP contribution in [0.25, 0.3) is 0 Å². The molecule has 268 valence electrons. The number of thioether (sulfide) groups is 1. The third-order valence-corrected chi connectivity index (χ3v) is 11.2. The Labute approximate surface area is 292 Å². The fraction of sp³-hybridized carbons (Fsp3) is 0.837. The largest absolute Gasteiger partial charge is 0.465 e. The van der Waals surface area contributed by atoms with Gasteiger partial charge in [-0.05, 0) is 37.1 Å². The first kappa shape index (κ1) is 43.1. The van der Waals surface area contributed by atoms with Crippen molar-refractivity contribution in [2.75, 3.05) is 7.11 Å². The summed E-state index contributed by atoms with van der Waals surface area (Å²) in [5.41, 5.74) is 0.646. The van der Waals surface area contributed by atoms with Crippen LogP contribution in [0.5, 0.6) is 0 Å². The molecule has 1 aromatic rings. The Hall–Kier alpha value is -0.960. The van der Waals surface area contributed by atoms with Gasteiger partial charge < -0.3 is 4.74 Å². The topological polar surface area (TPSA) is 26.3 Å². The third-order valence-electron chi connectivity index (χ3n) is 9.84. The molecule has 0 spiro atoms. The zero-order valence-corrected chi connectivity index (χ0v) is 32.1. The lowest BCUT2D eigenvalue weighted by Crippen LogP contribution is -2.04. The molecule has 0 N–H and O–H groups in total. The molecule has 1 rings (SSSR count). The number of carbonyl (C=O) groups is 1. The molecule has 0 bridgehead atoms. The number of methoxy groups -OCH3 is 1. The molecule has 0 radical (unpaired) electrons. The van der Waals surface area contributed by atoms with E-state index >= 15 is 0 Å². The van der Waals surface area contributed by atoms with Crippen molar-refractivity contribution >= 4 is 17.7 Å². The maximum atomic E-state index is 11.9. The Morgan fingerprint density at radius 1 is 0.478 bits per heavy atom. The molecule has 0 fully saturated rings. The number of carbonyl (C=O) groups excluding carboxylic acids is 1. The van der Waals surface area contributed by atoms with E-state index in [9.17, 15) is 4.79 Å². The van der Waals surface area contributed by atoms with Crippen LogP contribution in [0.4, 0.5) is 0 Å². The molecule has 0 aromatic heterocycles. The van der Waals surface area contributed by atoms with Crippen LogP contribution in [0.15, 0.2) is 29.2 Å². The van der Waals surface area contributed by atoms with E-state index < -0.39 is 0 Å². The first-order chi connectivity index (χ1) is 22.7. The summed E-state index contributed by atoms with van der Waals surface area (Å²) in [6.45, 7) is 4.60. The van der Waals surface area contributed by atoms with E-state index in [1.807, 2.05) is 23.9 Å². The third kappa shape index (κ3) is 27.0. The average Bonchev–Trinajstić information content (AvgIpc) is 3.08. The fourth-order valence-corrected chi connectivity index (χ4v) is 7.98. The highest BCUT2D eigenvalue weighted by atomic mass is 32.2. The number of rotatable bonds is 35. The maximum Gasteiger partial charge on any atom is 0.337 e. The van der Waals surface area contributed by atoms with Gasteiger partial charge in [-0.2, -0.15) is 0 Å². The molecule has 0 unspecified atom stereocenters. The van der Waals surface area contributed by atoms with Crippen LogP contribution in [0.1, 0.15) is 230 Å². The zero-order chi connectivity index (χ0) is 33.2. The minimum Gasteiger partial charge on any atom is -0.465 e. The Morgan fingerprint density at radius 3 is 1.04 bits per heavy atom. The summed E-state index contributed by atoms with van der Waals surface area (Å²) >= 11 is 2.04. The van der Waals surface area contributed by atoms with E-state index in [1.54, 1.807) is 0 Å². The first-order valence-corrected chi connectivity index (χ1v) is 21.4. The molecule has 0 saturated carbocycles. The van der Waals surface area contributed by atoms with Crippen molar-refractivity contribution in [2.45, 2.75) is 229 Å². The second-order valence-corrected chi connectivity index (χ2v) is 15.6. The van der Waals surface area contributed by atoms with Crippen molar-refractivity contribution in [2.24, 2.45) is 0 Å². The van der Waals surface area contributed by atoms with Gasteiger partial charge in [0.1, 0.15) is 0 Å². The summed E-state index contributed by atoms with van der Waals surface area (Å²) in [6.07, 6.45) is 45.4. The highest BCUT2D eigenvalue weighted by Gasteiger charge is 2.12. The van der Waals surface area contributed by atoms with E-state index in [4.69, 9.17) is 4.74 Å². The Bertz CT molecular complexity index is 727. The van der Waals surface area contributed by atoms with Crippen LogP contribution in [-0.4, -0.2) is 18.3 Å². The van der Waals surface area contributed by atoms with E-state index in [0.29, 0.717) is 10.8 Å². The van der Waals surface area contributed by atoms with Crippen LogP contribution < -0.4 is 0 Å². The van der Waals surface area contributed by atoms with Crippen molar-refractivity contribution in [1.82, 2.24) is 0 Å². The Balaban J connectivity index is 2.17. The Kier molecular flexibility index (Phi) is 31.8. The predicted octanol–water partition coefficient (Wildman–Crippen LogP) is 15.5. The average molecular weight is 659 g/mol. The van der Waals surface area contributed by atoms with Crippen LogP contribution in [0, 0.1) is 0 Å².